The molecule has 1 aromatic heterocycles. The molecule has 4 heteroatoms. The van der Waals surface area contributed by atoms with Crippen LogP contribution in [0.5, 0.6) is 0 Å². The van der Waals surface area contributed by atoms with Crippen LogP contribution in [0.1, 0.15) is 5.56 Å². The second-order valence-corrected chi connectivity index (χ2v) is 4.48. The molecule has 0 spiro atoms. The number of para-hydroxylation sites is 2. The van der Waals surface area contributed by atoms with Crippen molar-refractivity contribution in [3.05, 3.63) is 72.4 Å². The first-order valence-corrected chi connectivity index (χ1v) is 6.57. The van der Waals surface area contributed by atoms with Gasteiger partial charge in [-0.05, 0) is 23.8 Å². The Hall–Kier alpha value is -3.01. The molecule has 0 aliphatic heterocycles. The summed E-state index contributed by atoms with van der Waals surface area (Å²) in [7, 11) is 0. The van der Waals surface area contributed by atoms with Crippen LogP contribution in [-0.4, -0.2) is 15.9 Å². The van der Waals surface area contributed by atoms with Crippen LogP contribution in [0.3, 0.4) is 0 Å². The molecule has 1 N–H and O–H groups in total. The Balaban J connectivity index is 1.73. The molecule has 2 aromatic carbocycles. The molecule has 0 aliphatic rings. The van der Waals surface area contributed by atoms with Crippen molar-refractivity contribution in [1.29, 1.82) is 0 Å². The highest BCUT2D eigenvalue weighted by molar-refractivity contribution is 6.01. The highest BCUT2D eigenvalue weighted by atomic mass is 16.1. The largest absolute Gasteiger partial charge is 0.306 e. The molecule has 102 valence electrons. The summed E-state index contributed by atoms with van der Waals surface area (Å²) >= 11 is 0. The van der Waals surface area contributed by atoms with Crippen LogP contribution in [0.4, 0.5) is 5.82 Å². The van der Waals surface area contributed by atoms with Gasteiger partial charge in [-0.3, -0.25) is 9.78 Å². The number of carbonyl (C=O) groups excluding carboxylic acids is 1. The van der Waals surface area contributed by atoms with E-state index >= 15 is 0 Å². The molecular weight excluding hydrogens is 262 g/mol. The van der Waals surface area contributed by atoms with E-state index in [-0.39, 0.29) is 5.91 Å². The van der Waals surface area contributed by atoms with Crippen LogP contribution in [0, 0.1) is 0 Å². The van der Waals surface area contributed by atoms with Crippen molar-refractivity contribution in [3.8, 4) is 0 Å². The molecule has 4 nitrogen and oxygen atoms in total. The maximum absolute atomic E-state index is 11.9. The summed E-state index contributed by atoms with van der Waals surface area (Å²) in [5.41, 5.74) is 2.52. The molecule has 0 fully saturated rings. The van der Waals surface area contributed by atoms with E-state index in [1.807, 2.05) is 54.6 Å². The fourth-order valence-electron chi connectivity index (χ4n) is 1.92. The lowest BCUT2D eigenvalue weighted by Crippen LogP contribution is -2.09. The third-order valence-electron chi connectivity index (χ3n) is 2.93. The van der Waals surface area contributed by atoms with Crippen molar-refractivity contribution in [1.82, 2.24) is 9.97 Å². The van der Waals surface area contributed by atoms with Gasteiger partial charge < -0.3 is 5.32 Å². The Morgan fingerprint density at radius 1 is 0.952 bits per heavy atom. The quantitative estimate of drug-likeness (QED) is 0.746. The predicted octanol–water partition coefficient (Wildman–Crippen LogP) is 3.28. The molecule has 1 amide bonds. The Bertz CT molecular complexity index is 797. The zero-order chi connectivity index (χ0) is 14.5. The van der Waals surface area contributed by atoms with Gasteiger partial charge >= 0.3 is 0 Å². The normalized spacial score (nSPS) is 10.9. The number of fused-ring (bicyclic) bond motifs is 1. The molecule has 3 rings (SSSR count). The third-order valence-corrected chi connectivity index (χ3v) is 2.93. The molecule has 0 saturated heterocycles. The van der Waals surface area contributed by atoms with Gasteiger partial charge in [-0.25, -0.2) is 4.98 Å². The second kappa shape index (κ2) is 5.96. The number of amides is 1. The summed E-state index contributed by atoms with van der Waals surface area (Å²) in [5.74, 6) is 0.208. The molecule has 3 aromatic rings. The van der Waals surface area contributed by atoms with Crippen LogP contribution < -0.4 is 5.32 Å². The Morgan fingerprint density at radius 3 is 2.48 bits per heavy atom. The molecule has 0 bridgehead atoms. The number of benzene rings is 2. The van der Waals surface area contributed by atoms with Gasteiger partial charge in [0.25, 0.3) is 0 Å². The maximum Gasteiger partial charge on any atom is 0.249 e. The maximum atomic E-state index is 11.9. The van der Waals surface area contributed by atoms with E-state index < -0.39 is 0 Å². The fraction of sp³-hybridized carbons (Fsp3) is 0. The first-order chi connectivity index (χ1) is 10.3. The average Bonchev–Trinajstić information content (AvgIpc) is 2.54. The standard InChI is InChI=1S/C17H13N3O/c21-17(11-10-13-6-2-1-3-7-13)20-16-12-18-14-8-4-5-9-15(14)19-16/h1-12H,(H,19,20,21)/b11-10+. The fourth-order valence-corrected chi connectivity index (χ4v) is 1.92. The molecule has 0 radical (unpaired) electrons. The van der Waals surface area contributed by atoms with Crippen molar-refractivity contribution in [2.75, 3.05) is 5.32 Å². The summed E-state index contributed by atoms with van der Waals surface area (Å²) in [6.45, 7) is 0. The van der Waals surface area contributed by atoms with E-state index in [9.17, 15) is 4.79 Å². The topological polar surface area (TPSA) is 54.9 Å². The first-order valence-electron chi connectivity index (χ1n) is 6.57. The summed E-state index contributed by atoms with van der Waals surface area (Å²) < 4.78 is 0. The third kappa shape index (κ3) is 3.30. The van der Waals surface area contributed by atoms with E-state index in [1.54, 1.807) is 12.3 Å². The van der Waals surface area contributed by atoms with Gasteiger partial charge in [0.2, 0.25) is 5.91 Å². The minimum Gasteiger partial charge on any atom is -0.306 e. The second-order valence-electron chi connectivity index (χ2n) is 4.48. The molecule has 0 unspecified atom stereocenters. The van der Waals surface area contributed by atoms with Crippen LogP contribution in [0.15, 0.2) is 66.9 Å². The van der Waals surface area contributed by atoms with Crippen LogP contribution in [0.2, 0.25) is 0 Å². The first kappa shape index (κ1) is 13.0. The predicted molar refractivity (Wildman–Crippen MR) is 83.6 cm³/mol. The van der Waals surface area contributed by atoms with Gasteiger partial charge in [-0.2, -0.15) is 0 Å². The zero-order valence-electron chi connectivity index (χ0n) is 11.2. The highest BCUT2D eigenvalue weighted by Crippen LogP contribution is 2.11. The van der Waals surface area contributed by atoms with E-state index in [4.69, 9.17) is 0 Å². The number of aromatic nitrogens is 2. The minimum atomic E-state index is -0.233. The lowest BCUT2D eigenvalue weighted by atomic mass is 10.2. The monoisotopic (exact) mass is 275 g/mol. The van der Waals surface area contributed by atoms with Crippen molar-refractivity contribution in [2.24, 2.45) is 0 Å². The van der Waals surface area contributed by atoms with Gasteiger partial charge in [-0.1, -0.05) is 42.5 Å². The van der Waals surface area contributed by atoms with Crippen molar-refractivity contribution in [2.45, 2.75) is 0 Å². The van der Waals surface area contributed by atoms with Crippen LogP contribution in [-0.2, 0) is 4.79 Å². The lowest BCUT2D eigenvalue weighted by molar-refractivity contribution is -0.111. The van der Waals surface area contributed by atoms with Gasteiger partial charge in [0.1, 0.15) is 0 Å². The molecule has 1 heterocycles. The van der Waals surface area contributed by atoms with Gasteiger partial charge in [0.15, 0.2) is 5.82 Å². The summed E-state index contributed by atoms with van der Waals surface area (Å²) in [6.07, 6.45) is 4.78. The number of rotatable bonds is 3. The SMILES string of the molecule is O=C(/C=C/c1ccccc1)Nc1cnc2ccccc2n1. The van der Waals surface area contributed by atoms with E-state index in [0.29, 0.717) is 5.82 Å². The van der Waals surface area contributed by atoms with Crippen molar-refractivity contribution >= 4 is 28.8 Å². The Morgan fingerprint density at radius 2 is 1.67 bits per heavy atom. The van der Waals surface area contributed by atoms with E-state index in [0.717, 1.165) is 16.6 Å². The zero-order valence-corrected chi connectivity index (χ0v) is 11.2. The number of hydrogen-bond donors (Lipinski definition) is 1. The number of carbonyl (C=O) groups is 1. The van der Waals surface area contributed by atoms with Gasteiger partial charge in [0.05, 0.1) is 17.2 Å². The smallest absolute Gasteiger partial charge is 0.249 e. The van der Waals surface area contributed by atoms with Crippen molar-refractivity contribution in [3.63, 3.8) is 0 Å². The molecule has 0 atom stereocenters. The molecule has 21 heavy (non-hydrogen) atoms. The summed E-state index contributed by atoms with van der Waals surface area (Å²) in [5, 5.41) is 2.70. The van der Waals surface area contributed by atoms with Crippen LogP contribution in [0.25, 0.3) is 17.1 Å². The van der Waals surface area contributed by atoms with Gasteiger partial charge in [0, 0.05) is 6.08 Å². The number of nitrogens with one attached hydrogen (secondary N) is 1. The van der Waals surface area contributed by atoms with E-state index in [2.05, 4.69) is 15.3 Å². The molecule has 0 aliphatic carbocycles. The molecular formula is C17H13N3O. The summed E-state index contributed by atoms with van der Waals surface area (Å²) in [6, 6.07) is 17.2. The minimum absolute atomic E-state index is 0.233. The number of nitrogens with zero attached hydrogens (tertiary/aromatic N) is 2. The number of anilines is 1. The lowest BCUT2D eigenvalue weighted by Gasteiger charge is -2.02. The van der Waals surface area contributed by atoms with Gasteiger partial charge in [-0.15, -0.1) is 0 Å². The Labute approximate surface area is 122 Å². The highest BCUT2D eigenvalue weighted by Gasteiger charge is 2.01. The van der Waals surface area contributed by atoms with Crippen molar-refractivity contribution < 1.29 is 4.79 Å². The molecule has 0 saturated carbocycles. The summed E-state index contributed by atoms with van der Waals surface area (Å²) in [4.78, 5) is 20.4. The van der Waals surface area contributed by atoms with Crippen LogP contribution >= 0.6 is 0 Å². The average molecular weight is 275 g/mol. The Kier molecular flexibility index (Phi) is 3.69. The number of hydrogen-bond acceptors (Lipinski definition) is 3. The van der Waals surface area contributed by atoms with E-state index in [1.165, 1.54) is 6.08 Å².